The molecule has 1 heterocycles. The number of rotatable bonds is 2. The van der Waals surface area contributed by atoms with Gasteiger partial charge in [0, 0.05) is 17.6 Å². The van der Waals surface area contributed by atoms with Crippen molar-refractivity contribution in [3.63, 3.8) is 0 Å². The largest absolute Gasteiger partial charge is 0.350 e. The Morgan fingerprint density at radius 2 is 1.80 bits per heavy atom. The van der Waals surface area contributed by atoms with E-state index in [4.69, 9.17) is 11.6 Å². The first-order valence-electron chi connectivity index (χ1n) is 6.14. The van der Waals surface area contributed by atoms with Crippen LogP contribution < -0.4 is 5.69 Å². The van der Waals surface area contributed by atoms with Crippen molar-refractivity contribution >= 4 is 11.6 Å². The van der Waals surface area contributed by atoms with Gasteiger partial charge in [-0.3, -0.25) is 4.57 Å². The summed E-state index contributed by atoms with van der Waals surface area (Å²) in [5.74, 6) is 0.621. The van der Waals surface area contributed by atoms with Gasteiger partial charge in [0.15, 0.2) is 5.82 Å². The third-order valence-corrected chi connectivity index (χ3v) is 3.30. The molecule has 0 atom stereocenters. The minimum Gasteiger partial charge on any atom is -0.278 e. The molecule has 3 aromatic rings. The van der Waals surface area contributed by atoms with Crippen molar-refractivity contribution in [1.82, 2.24) is 14.3 Å². The van der Waals surface area contributed by atoms with Gasteiger partial charge in [-0.15, -0.1) is 5.10 Å². The van der Waals surface area contributed by atoms with Crippen LogP contribution in [0, 0.1) is 0 Å². The smallest absolute Gasteiger partial charge is 0.278 e. The van der Waals surface area contributed by atoms with Crippen LogP contribution in [-0.2, 0) is 7.05 Å². The van der Waals surface area contributed by atoms with E-state index in [2.05, 4.69) is 5.10 Å². The van der Waals surface area contributed by atoms with Crippen molar-refractivity contribution in [2.75, 3.05) is 0 Å². The van der Waals surface area contributed by atoms with Crippen molar-refractivity contribution in [1.29, 1.82) is 0 Å². The zero-order valence-electron chi connectivity index (χ0n) is 10.8. The number of nitrogens with zero attached hydrogens (tertiary/aromatic N) is 3. The summed E-state index contributed by atoms with van der Waals surface area (Å²) in [6.45, 7) is 0. The van der Waals surface area contributed by atoms with Gasteiger partial charge >= 0.3 is 5.69 Å². The first-order chi connectivity index (χ1) is 9.66. The average molecular weight is 286 g/mol. The standard InChI is InChI=1S/C15H12ClN3O/c1-18-14(11-6-3-2-4-7-11)17-19(15(18)20)13-9-5-8-12(16)10-13/h2-10H,1H3. The molecule has 20 heavy (non-hydrogen) atoms. The first-order valence-corrected chi connectivity index (χ1v) is 6.52. The van der Waals surface area contributed by atoms with Crippen LogP contribution >= 0.6 is 11.6 Å². The fourth-order valence-corrected chi connectivity index (χ4v) is 2.24. The molecule has 100 valence electrons. The molecule has 0 fully saturated rings. The number of hydrogen-bond donors (Lipinski definition) is 0. The summed E-state index contributed by atoms with van der Waals surface area (Å²) >= 11 is 5.96. The van der Waals surface area contributed by atoms with E-state index in [1.165, 1.54) is 9.25 Å². The second kappa shape index (κ2) is 4.98. The molecule has 0 amide bonds. The molecule has 0 saturated carbocycles. The highest BCUT2D eigenvalue weighted by atomic mass is 35.5. The van der Waals surface area contributed by atoms with Gasteiger partial charge < -0.3 is 0 Å². The predicted molar refractivity (Wildman–Crippen MR) is 79.3 cm³/mol. The van der Waals surface area contributed by atoms with Gasteiger partial charge in [-0.25, -0.2) is 4.79 Å². The van der Waals surface area contributed by atoms with Crippen molar-refractivity contribution in [2.24, 2.45) is 7.05 Å². The SMILES string of the molecule is Cn1c(-c2ccccc2)nn(-c2cccc(Cl)c2)c1=O. The number of hydrogen-bond acceptors (Lipinski definition) is 2. The van der Waals surface area contributed by atoms with Crippen LogP contribution in [-0.4, -0.2) is 14.3 Å². The Morgan fingerprint density at radius 3 is 2.50 bits per heavy atom. The van der Waals surface area contributed by atoms with Crippen LogP contribution in [0.1, 0.15) is 0 Å². The van der Waals surface area contributed by atoms with E-state index in [9.17, 15) is 4.79 Å². The molecule has 2 aromatic carbocycles. The van der Waals surface area contributed by atoms with Gasteiger partial charge in [0.2, 0.25) is 0 Å². The van der Waals surface area contributed by atoms with Crippen LogP contribution in [0.3, 0.4) is 0 Å². The third kappa shape index (κ3) is 2.14. The van der Waals surface area contributed by atoms with Gasteiger partial charge in [-0.2, -0.15) is 4.68 Å². The Morgan fingerprint density at radius 1 is 1.05 bits per heavy atom. The monoisotopic (exact) mass is 285 g/mol. The maximum atomic E-state index is 12.3. The molecule has 0 unspecified atom stereocenters. The van der Waals surface area contributed by atoms with Crippen LogP contribution in [0.2, 0.25) is 5.02 Å². The molecule has 0 aliphatic heterocycles. The second-order valence-corrected chi connectivity index (χ2v) is 4.86. The van der Waals surface area contributed by atoms with Crippen LogP contribution in [0.15, 0.2) is 59.4 Å². The molecule has 1 aromatic heterocycles. The number of halogens is 1. The topological polar surface area (TPSA) is 39.8 Å². The Balaban J connectivity index is 2.18. The predicted octanol–water partition coefficient (Wildman–Crippen LogP) is 2.89. The van der Waals surface area contributed by atoms with Gasteiger partial charge in [-0.05, 0) is 18.2 Å². The molecule has 0 aliphatic carbocycles. The van der Waals surface area contributed by atoms with Crippen molar-refractivity contribution in [3.05, 3.63) is 70.1 Å². The quantitative estimate of drug-likeness (QED) is 0.726. The Labute approximate surface area is 120 Å². The molecular formula is C15H12ClN3O. The average Bonchev–Trinajstić information content (AvgIpc) is 2.76. The molecule has 0 N–H and O–H groups in total. The summed E-state index contributed by atoms with van der Waals surface area (Å²) < 4.78 is 2.88. The molecule has 0 radical (unpaired) electrons. The lowest BCUT2D eigenvalue weighted by Crippen LogP contribution is -2.21. The summed E-state index contributed by atoms with van der Waals surface area (Å²) in [5, 5.41) is 4.97. The molecule has 5 heteroatoms. The highest BCUT2D eigenvalue weighted by Crippen LogP contribution is 2.17. The summed E-state index contributed by atoms with van der Waals surface area (Å²) in [7, 11) is 1.71. The van der Waals surface area contributed by atoms with E-state index in [0.717, 1.165) is 5.56 Å². The van der Waals surface area contributed by atoms with Crippen LogP contribution in [0.5, 0.6) is 0 Å². The first kappa shape index (κ1) is 12.7. The van der Waals surface area contributed by atoms with E-state index < -0.39 is 0 Å². The van der Waals surface area contributed by atoms with Gasteiger partial charge in [0.25, 0.3) is 0 Å². The normalized spacial score (nSPS) is 10.7. The minimum atomic E-state index is -0.203. The maximum Gasteiger partial charge on any atom is 0.350 e. The number of benzene rings is 2. The van der Waals surface area contributed by atoms with E-state index in [1.54, 1.807) is 31.3 Å². The number of aromatic nitrogens is 3. The summed E-state index contributed by atoms with van der Waals surface area (Å²) in [6.07, 6.45) is 0. The zero-order chi connectivity index (χ0) is 14.1. The van der Waals surface area contributed by atoms with E-state index >= 15 is 0 Å². The summed E-state index contributed by atoms with van der Waals surface area (Å²) in [6, 6.07) is 16.7. The van der Waals surface area contributed by atoms with Gasteiger partial charge in [-0.1, -0.05) is 48.0 Å². The minimum absolute atomic E-state index is 0.203. The Hall–Kier alpha value is -2.33. The highest BCUT2D eigenvalue weighted by molar-refractivity contribution is 6.30. The van der Waals surface area contributed by atoms with Crippen molar-refractivity contribution in [2.45, 2.75) is 0 Å². The van der Waals surface area contributed by atoms with E-state index in [1.807, 2.05) is 30.3 Å². The molecular weight excluding hydrogens is 274 g/mol. The Kier molecular flexibility index (Phi) is 3.16. The summed E-state index contributed by atoms with van der Waals surface area (Å²) in [4.78, 5) is 12.3. The fourth-order valence-electron chi connectivity index (χ4n) is 2.05. The summed E-state index contributed by atoms with van der Waals surface area (Å²) in [5.41, 5.74) is 1.35. The molecule has 3 rings (SSSR count). The fraction of sp³-hybridized carbons (Fsp3) is 0.0667. The van der Waals surface area contributed by atoms with Crippen LogP contribution in [0.25, 0.3) is 17.1 Å². The van der Waals surface area contributed by atoms with Crippen molar-refractivity contribution < 1.29 is 0 Å². The van der Waals surface area contributed by atoms with E-state index in [-0.39, 0.29) is 5.69 Å². The molecule has 0 saturated heterocycles. The lowest BCUT2D eigenvalue weighted by molar-refractivity contribution is 0.799. The molecule has 0 aliphatic rings. The molecule has 0 spiro atoms. The lowest BCUT2D eigenvalue weighted by Gasteiger charge is -1.99. The Bertz CT molecular complexity index is 805. The highest BCUT2D eigenvalue weighted by Gasteiger charge is 2.13. The van der Waals surface area contributed by atoms with Crippen molar-refractivity contribution in [3.8, 4) is 17.1 Å². The maximum absolute atomic E-state index is 12.3. The lowest BCUT2D eigenvalue weighted by atomic mass is 10.2. The third-order valence-electron chi connectivity index (χ3n) is 3.07. The van der Waals surface area contributed by atoms with E-state index in [0.29, 0.717) is 16.5 Å². The molecule has 4 nitrogen and oxygen atoms in total. The zero-order valence-corrected chi connectivity index (χ0v) is 11.6. The van der Waals surface area contributed by atoms with Gasteiger partial charge in [0.05, 0.1) is 5.69 Å². The molecule has 0 bridgehead atoms. The van der Waals surface area contributed by atoms with Crippen LogP contribution in [0.4, 0.5) is 0 Å². The van der Waals surface area contributed by atoms with Gasteiger partial charge in [0.1, 0.15) is 0 Å². The second-order valence-electron chi connectivity index (χ2n) is 4.42.